The van der Waals surface area contributed by atoms with E-state index < -0.39 is 8.32 Å². The van der Waals surface area contributed by atoms with E-state index in [1.807, 2.05) is 0 Å². The summed E-state index contributed by atoms with van der Waals surface area (Å²) in [5.41, 5.74) is 1.10. The minimum Gasteiger partial charge on any atom is -0.456 e. The van der Waals surface area contributed by atoms with Crippen LogP contribution in [0.25, 0.3) is 0 Å². The summed E-state index contributed by atoms with van der Waals surface area (Å²) in [6, 6.07) is 2.40. The molecule has 0 N–H and O–H groups in total. The minimum atomic E-state index is -1.59. The first-order valence-electron chi connectivity index (χ1n) is 6.65. The first-order chi connectivity index (χ1) is 8.01. The molecular weight excluding hydrogens is 228 g/mol. The monoisotopic (exact) mass is 252 g/mol. The van der Waals surface area contributed by atoms with E-state index in [2.05, 4.69) is 30.9 Å². The molecule has 1 unspecified atom stereocenters. The predicted molar refractivity (Wildman–Crippen MR) is 73.3 cm³/mol. The van der Waals surface area contributed by atoms with Crippen LogP contribution in [0.15, 0.2) is 5.16 Å². The topological polar surface area (TPSA) is 45.4 Å². The van der Waals surface area contributed by atoms with E-state index in [-0.39, 0.29) is 5.92 Å². The van der Waals surface area contributed by atoms with Crippen molar-refractivity contribution in [3.63, 3.8) is 0 Å². The predicted octanol–water partition coefficient (Wildman–Crippen LogP) is 4.08. The maximum absolute atomic E-state index is 9.11. The standard InChI is InChI=1S/C13H24N2OSi/c1-17(2,3)16-15-13-9-7-5-4-6-8-12(10-13)11-14/h12H,4-10H2,1-3H3. The molecule has 0 bridgehead atoms. The highest BCUT2D eigenvalue weighted by Gasteiger charge is 2.18. The Kier molecular flexibility index (Phi) is 5.70. The van der Waals surface area contributed by atoms with Crippen molar-refractivity contribution in [2.45, 2.75) is 64.6 Å². The molecule has 0 aromatic rings. The maximum atomic E-state index is 9.11. The van der Waals surface area contributed by atoms with Gasteiger partial charge in [0.25, 0.3) is 8.32 Å². The molecule has 0 spiro atoms. The summed E-state index contributed by atoms with van der Waals surface area (Å²) >= 11 is 0. The fourth-order valence-corrected chi connectivity index (χ4v) is 2.36. The molecule has 17 heavy (non-hydrogen) atoms. The molecule has 0 aromatic carbocycles. The van der Waals surface area contributed by atoms with E-state index in [1.165, 1.54) is 25.7 Å². The fourth-order valence-electron chi connectivity index (χ4n) is 1.96. The molecule has 4 heteroatoms. The van der Waals surface area contributed by atoms with E-state index in [0.717, 1.165) is 25.0 Å². The molecule has 0 amide bonds. The molecule has 1 aliphatic carbocycles. The van der Waals surface area contributed by atoms with Crippen molar-refractivity contribution in [2.24, 2.45) is 11.1 Å². The third kappa shape index (κ3) is 6.47. The Bertz CT molecular complexity index is 302. The van der Waals surface area contributed by atoms with Gasteiger partial charge in [0.2, 0.25) is 0 Å². The molecule has 0 aromatic heterocycles. The maximum Gasteiger partial charge on any atom is 0.278 e. The van der Waals surface area contributed by atoms with E-state index in [0.29, 0.717) is 0 Å². The van der Waals surface area contributed by atoms with Crippen LogP contribution in [0.3, 0.4) is 0 Å². The van der Waals surface area contributed by atoms with Crippen LogP contribution in [0.1, 0.15) is 44.9 Å². The molecule has 1 aliphatic rings. The molecule has 0 saturated heterocycles. The Balaban J connectivity index is 2.62. The van der Waals surface area contributed by atoms with Gasteiger partial charge >= 0.3 is 0 Å². The average Bonchev–Trinajstić information content (AvgIpc) is 2.36. The van der Waals surface area contributed by atoms with Gasteiger partial charge in [0.05, 0.1) is 17.7 Å². The molecule has 0 heterocycles. The van der Waals surface area contributed by atoms with E-state index in [4.69, 9.17) is 9.79 Å². The number of nitriles is 1. The van der Waals surface area contributed by atoms with Crippen LogP contribution in [-0.2, 0) is 4.53 Å². The first-order valence-corrected chi connectivity index (χ1v) is 10.1. The summed E-state index contributed by atoms with van der Waals surface area (Å²) in [5, 5.41) is 13.4. The van der Waals surface area contributed by atoms with E-state index in [9.17, 15) is 0 Å². The fraction of sp³-hybridized carbons (Fsp3) is 0.846. The van der Waals surface area contributed by atoms with Crippen LogP contribution < -0.4 is 0 Å². The van der Waals surface area contributed by atoms with Gasteiger partial charge < -0.3 is 4.53 Å². The molecule has 1 rings (SSSR count). The van der Waals surface area contributed by atoms with Gasteiger partial charge in [0.15, 0.2) is 0 Å². The molecule has 96 valence electrons. The van der Waals surface area contributed by atoms with Gasteiger partial charge in [-0.25, -0.2) is 0 Å². The summed E-state index contributed by atoms with van der Waals surface area (Å²) in [6.45, 7) is 6.40. The zero-order valence-electron chi connectivity index (χ0n) is 11.3. The number of hydrogen-bond donors (Lipinski definition) is 0. The van der Waals surface area contributed by atoms with Gasteiger partial charge in [-0.2, -0.15) is 5.26 Å². The highest BCUT2D eigenvalue weighted by molar-refractivity contribution is 6.69. The van der Waals surface area contributed by atoms with Gasteiger partial charge in [0, 0.05) is 6.42 Å². The summed E-state index contributed by atoms with van der Waals surface area (Å²) < 4.78 is 5.62. The first kappa shape index (κ1) is 14.2. The van der Waals surface area contributed by atoms with Gasteiger partial charge in [-0.1, -0.05) is 19.3 Å². The molecule has 1 saturated carbocycles. The van der Waals surface area contributed by atoms with Crippen LogP contribution in [0.2, 0.25) is 19.6 Å². The SMILES string of the molecule is C[Si](C)(C)ON=C1CCCCCCC(C#N)C1. The zero-order chi connectivity index (χ0) is 12.7. The second kappa shape index (κ2) is 6.80. The second-order valence-corrected chi connectivity index (χ2v) is 10.3. The number of nitrogens with zero attached hydrogens (tertiary/aromatic N) is 2. The Hall–Kier alpha value is -0.823. The van der Waals surface area contributed by atoms with Crippen LogP contribution in [-0.4, -0.2) is 14.0 Å². The van der Waals surface area contributed by atoms with E-state index >= 15 is 0 Å². The zero-order valence-corrected chi connectivity index (χ0v) is 12.3. The lowest BCUT2D eigenvalue weighted by atomic mass is 9.98. The highest BCUT2D eigenvalue weighted by atomic mass is 28.4. The van der Waals surface area contributed by atoms with Crippen LogP contribution in [0.4, 0.5) is 0 Å². The van der Waals surface area contributed by atoms with Crippen molar-refractivity contribution >= 4 is 14.0 Å². The quantitative estimate of drug-likeness (QED) is 0.549. The summed E-state index contributed by atoms with van der Waals surface area (Å²) in [7, 11) is -1.59. The van der Waals surface area contributed by atoms with Crippen molar-refractivity contribution < 1.29 is 4.53 Å². The Morgan fingerprint density at radius 1 is 1.24 bits per heavy atom. The average molecular weight is 252 g/mol. The minimum absolute atomic E-state index is 0.136. The van der Waals surface area contributed by atoms with Crippen molar-refractivity contribution in [3.05, 3.63) is 0 Å². The van der Waals surface area contributed by atoms with Crippen LogP contribution in [0.5, 0.6) is 0 Å². The van der Waals surface area contributed by atoms with Crippen molar-refractivity contribution in [1.82, 2.24) is 0 Å². The lowest BCUT2D eigenvalue weighted by Crippen LogP contribution is -2.23. The smallest absolute Gasteiger partial charge is 0.278 e. The lowest BCUT2D eigenvalue weighted by molar-refractivity contribution is 0.331. The third-order valence-corrected chi connectivity index (χ3v) is 3.52. The van der Waals surface area contributed by atoms with Gasteiger partial charge in [-0.15, -0.1) is 5.16 Å². The number of oxime groups is 1. The van der Waals surface area contributed by atoms with Gasteiger partial charge in [-0.05, 0) is 38.9 Å². The molecule has 0 radical (unpaired) electrons. The summed E-state index contributed by atoms with van der Waals surface area (Å²) in [6.07, 6.45) is 7.70. The third-order valence-electron chi connectivity index (χ3n) is 2.88. The number of rotatable bonds is 2. The van der Waals surface area contributed by atoms with Gasteiger partial charge in [0.1, 0.15) is 0 Å². The van der Waals surface area contributed by atoms with Crippen molar-refractivity contribution in [1.29, 1.82) is 5.26 Å². The molecule has 0 aliphatic heterocycles. The van der Waals surface area contributed by atoms with Crippen molar-refractivity contribution in [3.8, 4) is 6.07 Å². The lowest BCUT2D eigenvalue weighted by Gasteiger charge is -2.15. The highest BCUT2D eigenvalue weighted by Crippen LogP contribution is 2.20. The summed E-state index contributed by atoms with van der Waals surface area (Å²) in [4.78, 5) is 0. The Morgan fingerprint density at radius 2 is 1.94 bits per heavy atom. The molecule has 3 nitrogen and oxygen atoms in total. The van der Waals surface area contributed by atoms with E-state index in [1.54, 1.807) is 0 Å². The molecule has 1 atom stereocenters. The normalized spacial score (nSPS) is 25.5. The molecular formula is C13H24N2OSi. The Labute approximate surface area is 106 Å². The largest absolute Gasteiger partial charge is 0.456 e. The summed E-state index contributed by atoms with van der Waals surface area (Å²) in [5.74, 6) is 0.136. The second-order valence-electron chi connectivity index (χ2n) is 5.84. The molecule has 1 fully saturated rings. The van der Waals surface area contributed by atoms with Crippen LogP contribution in [0, 0.1) is 17.2 Å². The van der Waals surface area contributed by atoms with Crippen molar-refractivity contribution in [2.75, 3.05) is 0 Å². The van der Waals surface area contributed by atoms with Gasteiger partial charge in [-0.3, -0.25) is 0 Å². The Morgan fingerprint density at radius 3 is 2.59 bits per heavy atom. The number of hydrogen-bond acceptors (Lipinski definition) is 3. The van der Waals surface area contributed by atoms with Crippen LogP contribution >= 0.6 is 0 Å².